The lowest BCUT2D eigenvalue weighted by Gasteiger charge is -2.07. The van der Waals surface area contributed by atoms with Gasteiger partial charge in [-0.25, -0.2) is 0 Å². The number of aromatic nitrogens is 1. The van der Waals surface area contributed by atoms with Gasteiger partial charge in [-0.05, 0) is 23.1 Å². The summed E-state index contributed by atoms with van der Waals surface area (Å²) in [4.78, 5) is 16.2. The molecule has 0 saturated heterocycles. The predicted octanol–water partition coefficient (Wildman–Crippen LogP) is 3.00. The van der Waals surface area contributed by atoms with Crippen molar-refractivity contribution in [2.75, 3.05) is 0 Å². The number of benzene rings is 2. The van der Waals surface area contributed by atoms with Crippen molar-refractivity contribution in [2.24, 2.45) is 0 Å². The summed E-state index contributed by atoms with van der Waals surface area (Å²) in [5.41, 5.74) is 1.26. The first kappa shape index (κ1) is 16.6. The molecule has 23 heavy (non-hydrogen) atoms. The second-order valence-electron chi connectivity index (χ2n) is 4.89. The van der Waals surface area contributed by atoms with Crippen LogP contribution in [0.3, 0.4) is 0 Å². The molecule has 0 aliphatic heterocycles. The van der Waals surface area contributed by atoms with Crippen molar-refractivity contribution in [3.8, 4) is 11.5 Å². The molecule has 5 nitrogen and oxygen atoms in total. The Hall–Kier alpha value is -2.79. The SMILES string of the molecule is Cl.O=C(NCc1ccccc1)c1cc2ccc(O)c(O)c2cn1. The Morgan fingerprint density at radius 1 is 1.09 bits per heavy atom. The smallest absolute Gasteiger partial charge is 0.270 e. The van der Waals surface area contributed by atoms with E-state index in [1.54, 1.807) is 12.1 Å². The number of hydrogen-bond acceptors (Lipinski definition) is 4. The maximum Gasteiger partial charge on any atom is 0.270 e. The van der Waals surface area contributed by atoms with Crippen molar-refractivity contribution in [1.82, 2.24) is 10.3 Å². The lowest BCUT2D eigenvalue weighted by molar-refractivity contribution is 0.0946. The molecule has 0 aliphatic carbocycles. The van der Waals surface area contributed by atoms with E-state index in [1.165, 1.54) is 12.3 Å². The summed E-state index contributed by atoms with van der Waals surface area (Å²) in [6.07, 6.45) is 1.38. The molecule has 6 heteroatoms. The minimum absolute atomic E-state index is 0. The number of amides is 1. The number of phenolic OH excluding ortho intramolecular Hbond substituents is 2. The highest BCUT2D eigenvalue weighted by Gasteiger charge is 2.11. The molecule has 0 radical (unpaired) electrons. The van der Waals surface area contributed by atoms with Gasteiger partial charge in [-0.2, -0.15) is 0 Å². The van der Waals surface area contributed by atoms with Gasteiger partial charge in [-0.15, -0.1) is 12.4 Å². The number of aromatic hydroxyl groups is 2. The summed E-state index contributed by atoms with van der Waals surface area (Å²) < 4.78 is 0. The maximum atomic E-state index is 12.1. The fourth-order valence-corrected chi connectivity index (χ4v) is 2.19. The van der Waals surface area contributed by atoms with Gasteiger partial charge in [0.2, 0.25) is 0 Å². The van der Waals surface area contributed by atoms with Crippen LogP contribution in [0.4, 0.5) is 0 Å². The van der Waals surface area contributed by atoms with E-state index in [0.717, 1.165) is 5.56 Å². The Labute approximate surface area is 139 Å². The van der Waals surface area contributed by atoms with Crippen LogP contribution in [0.5, 0.6) is 11.5 Å². The van der Waals surface area contributed by atoms with E-state index >= 15 is 0 Å². The van der Waals surface area contributed by atoms with Crippen molar-refractivity contribution in [3.05, 3.63) is 66.0 Å². The number of halogens is 1. The van der Waals surface area contributed by atoms with Gasteiger partial charge < -0.3 is 15.5 Å². The van der Waals surface area contributed by atoms with E-state index in [9.17, 15) is 15.0 Å². The van der Waals surface area contributed by atoms with E-state index in [-0.39, 0.29) is 35.5 Å². The molecule has 3 N–H and O–H groups in total. The Balaban J connectivity index is 0.00000192. The molecule has 1 amide bonds. The summed E-state index contributed by atoms with van der Waals surface area (Å²) in [6.45, 7) is 0.417. The van der Waals surface area contributed by atoms with Crippen molar-refractivity contribution in [3.63, 3.8) is 0 Å². The third kappa shape index (κ3) is 3.52. The number of pyridine rings is 1. The third-order valence-corrected chi connectivity index (χ3v) is 3.38. The normalized spacial score (nSPS) is 10.1. The van der Waals surface area contributed by atoms with Gasteiger partial charge in [0.05, 0.1) is 0 Å². The van der Waals surface area contributed by atoms with Crippen LogP contribution in [0.2, 0.25) is 0 Å². The van der Waals surface area contributed by atoms with Gasteiger partial charge in [-0.3, -0.25) is 9.78 Å². The predicted molar refractivity (Wildman–Crippen MR) is 89.9 cm³/mol. The van der Waals surface area contributed by atoms with E-state index < -0.39 is 0 Å². The average Bonchev–Trinajstić information content (AvgIpc) is 2.56. The molecule has 0 atom stereocenters. The lowest BCUT2D eigenvalue weighted by Crippen LogP contribution is -2.23. The van der Waals surface area contributed by atoms with Gasteiger partial charge in [0.15, 0.2) is 11.5 Å². The van der Waals surface area contributed by atoms with Gasteiger partial charge in [0.1, 0.15) is 5.69 Å². The topological polar surface area (TPSA) is 82.5 Å². The average molecular weight is 331 g/mol. The van der Waals surface area contributed by atoms with Crippen molar-refractivity contribution < 1.29 is 15.0 Å². The highest BCUT2D eigenvalue weighted by Crippen LogP contribution is 2.32. The van der Waals surface area contributed by atoms with Crippen LogP contribution in [0.25, 0.3) is 10.8 Å². The first-order valence-electron chi connectivity index (χ1n) is 6.78. The van der Waals surface area contributed by atoms with E-state index in [2.05, 4.69) is 10.3 Å². The molecule has 0 saturated carbocycles. The summed E-state index contributed by atoms with van der Waals surface area (Å²) in [5, 5.41) is 23.0. The molecule has 3 aromatic rings. The molecule has 1 heterocycles. The van der Waals surface area contributed by atoms with Crippen molar-refractivity contribution in [1.29, 1.82) is 0 Å². The fourth-order valence-electron chi connectivity index (χ4n) is 2.19. The summed E-state index contributed by atoms with van der Waals surface area (Å²) >= 11 is 0. The highest BCUT2D eigenvalue weighted by atomic mass is 35.5. The molecule has 1 aromatic heterocycles. The Morgan fingerprint density at radius 3 is 2.57 bits per heavy atom. The zero-order chi connectivity index (χ0) is 15.5. The molecule has 0 unspecified atom stereocenters. The van der Waals surface area contributed by atoms with Crippen molar-refractivity contribution in [2.45, 2.75) is 6.54 Å². The third-order valence-electron chi connectivity index (χ3n) is 3.38. The van der Waals surface area contributed by atoms with Crippen LogP contribution in [-0.4, -0.2) is 21.1 Å². The number of rotatable bonds is 3. The molecule has 0 fully saturated rings. The van der Waals surface area contributed by atoms with Gasteiger partial charge >= 0.3 is 0 Å². The number of phenols is 2. The van der Waals surface area contributed by atoms with E-state index in [0.29, 0.717) is 17.3 Å². The summed E-state index contributed by atoms with van der Waals surface area (Å²) in [6, 6.07) is 14.2. The fraction of sp³-hybridized carbons (Fsp3) is 0.0588. The molecule has 2 aromatic carbocycles. The van der Waals surface area contributed by atoms with Crippen LogP contribution in [0, 0.1) is 0 Å². The zero-order valence-corrected chi connectivity index (χ0v) is 12.9. The number of carbonyl (C=O) groups excluding carboxylic acids is 1. The second-order valence-corrected chi connectivity index (χ2v) is 4.89. The monoisotopic (exact) mass is 330 g/mol. The molecule has 3 rings (SSSR count). The minimum Gasteiger partial charge on any atom is -0.504 e. The molecule has 0 bridgehead atoms. The number of nitrogens with one attached hydrogen (secondary N) is 1. The van der Waals surface area contributed by atoms with Gasteiger partial charge in [0, 0.05) is 18.1 Å². The largest absolute Gasteiger partial charge is 0.504 e. The molecule has 0 aliphatic rings. The minimum atomic E-state index is -0.293. The maximum absolute atomic E-state index is 12.1. The van der Waals surface area contributed by atoms with Gasteiger partial charge in [0.25, 0.3) is 5.91 Å². The molecule has 118 valence electrons. The van der Waals surface area contributed by atoms with Crippen LogP contribution >= 0.6 is 12.4 Å². The summed E-state index contributed by atoms with van der Waals surface area (Å²) in [5.74, 6) is -0.741. The van der Waals surface area contributed by atoms with E-state index in [1.807, 2.05) is 30.3 Å². The Morgan fingerprint density at radius 2 is 1.83 bits per heavy atom. The Kier molecular flexibility index (Phi) is 5.03. The number of nitrogens with zero attached hydrogens (tertiary/aromatic N) is 1. The first-order valence-corrected chi connectivity index (χ1v) is 6.78. The van der Waals surface area contributed by atoms with Crippen LogP contribution in [-0.2, 0) is 6.54 Å². The standard InChI is InChI=1S/C17H14N2O3.ClH/c20-15-7-6-12-8-14(18-10-13(12)16(15)21)17(22)19-9-11-4-2-1-3-5-11;/h1-8,10,20-21H,9H2,(H,19,22);1H. The lowest BCUT2D eigenvalue weighted by atomic mass is 10.1. The zero-order valence-electron chi connectivity index (χ0n) is 12.1. The number of carbonyl (C=O) groups is 1. The van der Waals surface area contributed by atoms with Crippen LogP contribution < -0.4 is 5.32 Å². The second kappa shape index (κ2) is 6.98. The molecular formula is C17H15ClN2O3. The van der Waals surface area contributed by atoms with E-state index in [4.69, 9.17) is 0 Å². The first-order chi connectivity index (χ1) is 10.6. The van der Waals surface area contributed by atoms with Crippen molar-refractivity contribution >= 4 is 29.1 Å². The highest BCUT2D eigenvalue weighted by molar-refractivity contribution is 5.98. The molecule has 0 spiro atoms. The summed E-state index contributed by atoms with van der Waals surface area (Å²) in [7, 11) is 0. The molecular weight excluding hydrogens is 316 g/mol. The van der Waals surface area contributed by atoms with Gasteiger partial charge in [-0.1, -0.05) is 36.4 Å². The Bertz CT molecular complexity index is 838. The van der Waals surface area contributed by atoms with Crippen LogP contribution in [0.1, 0.15) is 16.1 Å². The number of fused-ring (bicyclic) bond motifs is 1. The van der Waals surface area contributed by atoms with Crippen LogP contribution in [0.15, 0.2) is 54.7 Å². The quantitative estimate of drug-likeness (QED) is 0.645. The number of hydrogen-bond donors (Lipinski definition) is 3.